The number of amidine groups is 1. The number of amides is 1. The fraction of sp³-hybridized carbons (Fsp3) is 0.516. The van der Waals surface area contributed by atoms with Crippen LogP contribution in [0.3, 0.4) is 0 Å². The number of nitrogens with zero attached hydrogens (tertiary/aromatic N) is 6. The SMILES string of the molecule is CO[C@]1(C(=O)N[C@@H](C)c2ccc(-n3cc(F)cn3)nc2)CC[C@H](C2N=C(Nc3cc(C)[nH]n3)C=C3CCCN(C)C32)CC1. The van der Waals surface area contributed by atoms with E-state index in [2.05, 4.69) is 48.9 Å². The number of halogens is 1. The van der Waals surface area contributed by atoms with E-state index < -0.39 is 11.4 Å². The van der Waals surface area contributed by atoms with Crippen LogP contribution in [-0.4, -0.2) is 80.0 Å². The van der Waals surface area contributed by atoms with Gasteiger partial charge in [0.25, 0.3) is 5.91 Å². The molecule has 43 heavy (non-hydrogen) atoms. The Bertz CT molecular complexity index is 1500. The number of aromatic nitrogens is 5. The summed E-state index contributed by atoms with van der Waals surface area (Å²) in [5, 5.41) is 17.8. The number of aromatic amines is 1. The third-order valence-corrected chi connectivity index (χ3v) is 9.26. The summed E-state index contributed by atoms with van der Waals surface area (Å²) < 4.78 is 20.7. The van der Waals surface area contributed by atoms with Crippen molar-refractivity contribution in [3.05, 3.63) is 65.5 Å². The highest BCUT2D eigenvalue weighted by Crippen LogP contribution is 2.42. The van der Waals surface area contributed by atoms with E-state index in [9.17, 15) is 9.18 Å². The number of rotatable bonds is 7. The Morgan fingerprint density at radius 1 is 1.26 bits per heavy atom. The minimum absolute atomic E-state index is 0.0949. The molecule has 3 N–H and O–H groups in total. The predicted molar refractivity (Wildman–Crippen MR) is 161 cm³/mol. The van der Waals surface area contributed by atoms with E-state index in [0.29, 0.717) is 24.6 Å². The van der Waals surface area contributed by atoms with Crippen molar-refractivity contribution in [3.8, 4) is 5.82 Å². The average Bonchev–Trinajstić information content (AvgIpc) is 3.64. The van der Waals surface area contributed by atoms with Crippen LogP contribution in [-0.2, 0) is 9.53 Å². The number of likely N-dealkylation sites (tertiary alicyclic amines) is 1. The first-order chi connectivity index (χ1) is 20.7. The molecule has 3 aromatic rings. The van der Waals surface area contributed by atoms with Crippen molar-refractivity contribution >= 4 is 17.6 Å². The fourth-order valence-electron chi connectivity index (χ4n) is 6.83. The van der Waals surface area contributed by atoms with Crippen LogP contribution in [0.5, 0.6) is 0 Å². The van der Waals surface area contributed by atoms with Crippen molar-refractivity contribution in [3.63, 3.8) is 0 Å². The smallest absolute Gasteiger partial charge is 0.252 e. The molecule has 0 spiro atoms. The molecule has 2 aliphatic heterocycles. The van der Waals surface area contributed by atoms with Gasteiger partial charge in [0.1, 0.15) is 11.4 Å². The lowest BCUT2D eigenvalue weighted by molar-refractivity contribution is -0.150. The molecule has 0 radical (unpaired) electrons. The number of nitrogens with one attached hydrogen (secondary N) is 3. The highest BCUT2D eigenvalue weighted by atomic mass is 19.1. The van der Waals surface area contributed by atoms with Crippen molar-refractivity contribution in [1.82, 2.24) is 35.2 Å². The number of aryl methyl sites for hydroxylation is 1. The van der Waals surface area contributed by atoms with E-state index in [1.165, 1.54) is 16.5 Å². The zero-order valence-electron chi connectivity index (χ0n) is 25.2. The number of piperidine rings is 1. The molecule has 2 fully saturated rings. The van der Waals surface area contributed by atoms with Crippen LogP contribution < -0.4 is 10.6 Å². The topological polar surface area (TPSA) is 125 Å². The number of dihydropyridines is 1. The lowest BCUT2D eigenvalue weighted by atomic mass is 9.71. The van der Waals surface area contributed by atoms with E-state index in [0.717, 1.165) is 61.3 Å². The van der Waals surface area contributed by atoms with Crippen molar-refractivity contribution in [2.75, 3.05) is 26.0 Å². The normalized spacial score (nSPS) is 26.7. The lowest BCUT2D eigenvalue weighted by Gasteiger charge is -2.46. The molecule has 1 amide bonds. The van der Waals surface area contributed by atoms with Gasteiger partial charge in [-0.1, -0.05) is 6.07 Å². The quantitative estimate of drug-likeness (QED) is 0.379. The summed E-state index contributed by atoms with van der Waals surface area (Å²) in [6, 6.07) is 5.69. The van der Waals surface area contributed by atoms with Crippen molar-refractivity contribution in [2.24, 2.45) is 10.9 Å². The molecule has 5 heterocycles. The molecule has 12 heteroatoms. The number of carbonyl (C=O) groups excluding carboxylic acids is 1. The summed E-state index contributed by atoms with van der Waals surface area (Å²) >= 11 is 0. The number of methoxy groups -OCH3 is 1. The van der Waals surface area contributed by atoms with Crippen molar-refractivity contribution in [2.45, 2.75) is 76.1 Å². The van der Waals surface area contributed by atoms with Gasteiger partial charge in [0.2, 0.25) is 0 Å². The second-order valence-corrected chi connectivity index (χ2v) is 12.1. The number of aliphatic imine (C=N–C) groups is 1. The van der Waals surface area contributed by atoms with Gasteiger partial charge >= 0.3 is 0 Å². The van der Waals surface area contributed by atoms with Crippen LogP contribution in [0.1, 0.15) is 62.7 Å². The Morgan fingerprint density at radius 2 is 2.07 bits per heavy atom. The minimum atomic E-state index is -0.895. The molecule has 2 unspecified atom stereocenters. The van der Waals surface area contributed by atoms with E-state index >= 15 is 0 Å². The zero-order valence-corrected chi connectivity index (χ0v) is 25.2. The minimum Gasteiger partial charge on any atom is -0.368 e. The van der Waals surface area contributed by atoms with Crippen LogP contribution in [0.4, 0.5) is 10.2 Å². The molecule has 1 saturated carbocycles. The van der Waals surface area contributed by atoms with Gasteiger partial charge in [-0.2, -0.15) is 10.2 Å². The Labute approximate surface area is 251 Å². The Morgan fingerprint density at radius 3 is 2.72 bits per heavy atom. The van der Waals surface area contributed by atoms with E-state index in [1.54, 1.807) is 19.4 Å². The van der Waals surface area contributed by atoms with Crippen LogP contribution in [0, 0.1) is 18.7 Å². The summed E-state index contributed by atoms with van der Waals surface area (Å²) in [6.07, 6.45) is 11.4. The molecule has 3 aromatic heterocycles. The maximum Gasteiger partial charge on any atom is 0.252 e. The number of H-pyrrole nitrogens is 1. The number of ether oxygens (including phenoxy) is 1. The Kier molecular flexibility index (Phi) is 8.15. The van der Waals surface area contributed by atoms with Gasteiger partial charge in [0.05, 0.1) is 30.5 Å². The maximum atomic E-state index is 13.7. The first kappa shape index (κ1) is 29.2. The first-order valence-electron chi connectivity index (χ1n) is 15.0. The number of fused-ring (bicyclic) bond motifs is 1. The Balaban J connectivity index is 1.13. The molecule has 6 rings (SSSR count). The molecule has 11 nitrogen and oxygen atoms in total. The molecule has 3 atom stereocenters. The van der Waals surface area contributed by atoms with E-state index in [1.807, 2.05) is 26.0 Å². The molecule has 1 saturated heterocycles. The maximum absolute atomic E-state index is 13.7. The van der Waals surface area contributed by atoms with Gasteiger partial charge in [-0.05, 0) is 95.2 Å². The van der Waals surface area contributed by atoms with Crippen LogP contribution in [0.15, 0.2) is 53.4 Å². The number of carbonyl (C=O) groups is 1. The van der Waals surface area contributed by atoms with Gasteiger partial charge in [-0.25, -0.2) is 14.1 Å². The molecular weight excluding hydrogens is 549 g/mol. The number of likely N-dealkylation sites (N-methyl/N-ethyl adjacent to an activating group) is 1. The third-order valence-electron chi connectivity index (χ3n) is 9.26. The van der Waals surface area contributed by atoms with Gasteiger partial charge in [0.15, 0.2) is 17.5 Å². The predicted octanol–water partition coefficient (Wildman–Crippen LogP) is 4.10. The summed E-state index contributed by atoms with van der Waals surface area (Å²) in [5.41, 5.74) is 2.35. The lowest BCUT2D eigenvalue weighted by Crippen LogP contribution is -2.54. The summed E-state index contributed by atoms with van der Waals surface area (Å²) in [4.78, 5) is 25.7. The fourth-order valence-corrected chi connectivity index (χ4v) is 6.83. The molecule has 228 valence electrons. The monoisotopic (exact) mass is 589 g/mol. The molecule has 3 aliphatic rings. The molecular formula is C31H40FN9O2. The van der Waals surface area contributed by atoms with Gasteiger partial charge < -0.3 is 15.4 Å². The second kappa shape index (κ2) is 12.0. The number of anilines is 1. The summed E-state index contributed by atoms with van der Waals surface area (Å²) in [6.45, 7) is 4.96. The van der Waals surface area contributed by atoms with Crippen molar-refractivity contribution < 1.29 is 13.9 Å². The van der Waals surface area contributed by atoms with Gasteiger partial charge in [-0.3, -0.25) is 19.8 Å². The second-order valence-electron chi connectivity index (χ2n) is 12.1. The van der Waals surface area contributed by atoms with Gasteiger partial charge in [0, 0.05) is 25.1 Å². The zero-order chi connectivity index (χ0) is 30.1. The third kappa shape index (κ3) is 5.98. The summed E-state index contributed by atoms with van der Waals surface area (Å²) in [7, 11) is 3.83. The highest BCUT2D eigenvalue weighted by molar-refractivity contribution is 6.04. The van der Waals surface area contributed by atoms with E-state index in [4.69, 9.17) is 9.73 Å². The number of hydrogen-bond donors (Lipinski definition) is 3. The molecule has 1 aliphatic carbocycles. The van der Waals surface area contributed by atoms with Crippen molar-refractivity contribution in [1.29, 1.82) is 0 Å². The van der Waals surface area contributed by atoms with Gasteiger partial charge in [-0.15, -0.1) is 0 Å². The highest BCUT2D eigenvalue weighted by Gasteiger charge is 2.47. The Hall–Kier alpha value is -3.90. The van der Waals surface area contributed by atoms with Crippen LogP contribution >= 0.6 is 0 Å². The van der Waals surface area contributed by atoms with Crippen LogP contribution in [0.25, 0.3) is 5.82 Å². The number of hydrogen-bond acceptors (Lipinski definition) is 8. The first-order valence-corrected chi connectivity index (χ1v) is 15.0. The molecule has 0 aromatic carbocycles. The average molecular weight is 590 g/mol. The van der Waals surface area contributed by atoms with Crippen LogP contribution in [0.2, 0.25) is 0 Å². The molecule has 0 bridgehead atoms. The number of pyridine rings is 1. The standard InChI is InChI=1S/C31H40FN9O2/c1-19-14-26(39-38-19)36-25-15-22-6-5-13-40(3)29(22)28(37-25)21-9-11-31(43-4,12-10-21)30(42)35-20(2)23-7-8-27(33-16-23)41-18-24(32)17-34-41/h7-8,14-18,20-21,28-29H,5-6,9-13H2,1-4H3,(H,35,42)(H2,36,37,38,39)/t20-,21-,28?,29?,31+/m0/s1. The largest absolute Gasteiger partial charge is 0.368 e. The summed E-state index contributed by atoms with van der Waals surface area (Å²) in [5.74, 6) is 1.91. The van der Waals surface area contributed by atoms with E-state index in [-0.39, 0.29) is 24.0 Å².